The lowest BCUT2D eigenvalue weighted by Crippen LogP contribution is -2.18. The molecule has 2 aromatic heterocycles. The van der Waals surface area contributed by atoms with Gasteiger partial charge in [0.15, 0.2) is 17.3 Å². The zero-order chi connectivity index (χ0) is 14.8. The van der Waals surface area contributed by atoms with Gasteiger partial charge in [-0.25, -0.2) is 14.8 Å². The van der Waals surface area contributed by atoms with Crippen LogP contribution in [0.25, 0.3) is 11.6 Å². The fourth-order valence-corrected chi connectivity index (χ4v) is 1.48. The van der Waals surface area contributed by atoms with Crippen molar-refractivity contribution in [3.8, 4) is 11.6 Å². The fourth-order valence-electron chi connectivity index (χ4n) is 1.48. The molecule has 0 aliphatic carbocycles. The van der Waals surface area contributed by atoms with Crippen LogP contribution in [-0.2, 0) is 10.9 Å². The lowest BCUT2D eigenvalue weighted by atomic mass is 10.2. The summed E-state index contributed by atoms with van der Waals surface area (Å²) in [6, 6.07) is 2.91. The molecule has 0 bridgehead atoms. The second-order valence-corrected chi connectivity index (χ2v) is 3.65. The minimum atomic E-state index is -4.80. The lowest BCUT2D eigenvalue weighted by molar-refractivity contribution is -0.141. The summed E-state index contributed by atoms with van der Waals surface area (Å²) >= 11 is 0. The van der Waals surface area contributed by atoms with Crippen LogP contribution in [0.1, 0.15) is 23.0 Å². The summed E-state index contributed by atoms with van der Waals surface area (Å²) in [6.07, 6.45) is -2.73. The second-order valence-electron chi connectivity index (χ2n) is 3.65. The Morgan fingerprint density at radius 3 is 2.75 bits per heavy atom. The predicted octanol–water partition coefficient (Wildman–Crippen LogP) is 2.93. The van der Waals surface area contributed by atoms with Crippen molar-refractivity contribution in [3.63, 3.8) is 0 Å². The number of carbonyl (C=O) groups is 1. The lowest BCUT2D eigenvalue weighted by Gasteiger charge is -2.11. The molecule has 0 spiro atoms. The van der Waals surface area contributed by atoms with Gasteiger partial charge in [-0.3, -0.25) is 0 Å². The third-order valence-corrected chi connectivity index (χ3v) is 2.29. The Kier molecular flexibility index (Phi) is 3.73. The molecule has 8 heteroatoms. The maximum Gasteiger partial charge on any atom is 0.434 e. The highest BCUT2D eigenvalue weighted by atomic mass is 19.4. The van der Waals surface area contributed by atoms with Crippen LogP contribution < -0.4 is 0 Å². The van der Waals surface area contributed by atoms with E-state index >= 15 is 0 Å². The first kappa shape index (κ1) is 14.0. The molecule has 0 fully saturated rings. The van der Waals surface area contributed by atoms with Crippen LogP contribution in [0.15, 0.2) is 29.0 Å². The number of carbonyl (C=O) groups excluding carboxylic acids is 1. The van der Waals surface area contributed by atoms with Gasteiger partial charge in [0.05, 0.1) is 12.9 Å². The van der Waals surface area contributed by atoms with Crippen LogP contribution in [0, 0.1) is 0 Å². The van der Waals surface area contributed by atoms with Crippen molar-refractivity contribution in [1.29, 1.82) is 0 Å². The summed E-state index contributed by atoms with van der Waals surface area (Å²) in [5.41, 5.74) is -2.08. The normalized spacial score (nSPS) is 11.4. The van der Waals surface area contributed by atoms with Crippen LogP contribution in [-0.4, -0.2) is 22.5 Å². The smallest absolute Gasteiger partial charge is 0.434 e. The summed E-state index contributed by atoms with van der Waals surface area (Å²) in [4.78, 5) is 18.5. The largest absolute Gasteiger partial charge is 0.462 e. The van der Waals surface area contributed by atoms with Gasteiger partial charge in [-0.15, -0.1) is 0 Å². The van der Waals surface area contributed by atoms with Crippen molar-refractivity contribution in [2.75, 3.05) is 6.61 Å². The molecule has 0 aromatic carbocycles. The number of rotatable bonds is 3. The Labute approximate surface area is 111 Å². The zero-order valence-corrected chi connectivity index (χ0v) is 10.3. The van der Waals surface area contributed by atoms with Crippen molar-refractivity contribution in [2.45, 2.75) is 13.1 Å². The molecule has 0 saturated carbocycles. The van der Waals surface area contributed by atoms with Gasteiger partial charge in [-0.05, 0) is 19.1 Å². The fraction of sp³-hybridized carbons (Fsp3) is 0.250. The number of nitrogens with zero attached hydrogens (tertiary/aromatic N) is 2. The highest BCUT2D eigenvalue weighted by Crippen LogP contribution is 2.32. The van der Waals surface area contributed by atoms with Gasteiger partial charge in [0.1, 0.15) is 5.56 Å². The number of hydrogen-bond donors (Lipinski definition) is 0. The Bertz CT molecular complexity index is 609. The summed E-state index contributed by atoms with van der Waals surface area (Å²) in [7, 11) is 0. The molecule has 5 nitrogen and oxygen atoms in total. The summed E-state index contributed by atoms with van der Waals surface area (Å²) in [5, 5.41) is 0. The van der Waals surface area contributed by atoms with E-state index in [1.807, 2.05) is 0 Å². The molecule has 0 saturated heterocycles. The molecule has 106 valence electrons. The van der Waals surface area contributed by atoms with E-state index in [1.165, 1.54) is 25.3 Å². The minimum absolute atomic E-state index is 0.0456. The van der Waals surface area contributed by atoms with E-state index < -0.39 is 23.4 Å². The second kappa shape index (κ2) is 5.32. The van der Waals surface area contributed by atoms with Gasteiger partial charge in [0.2, 0.25) is 0 Å². The number of esters is 1. The van der Waals surface area contributed by atoms with Gasteiger partial charge in [-0.2, -0.15) is 13.2 Å². The van der Waals surface area contributed by atoms with Crippen molar-refractivity contribution < 1.29 is 27.1 Å². The van der Waals surface area contributed by atoms with Crippen LogP contribution in [0.2, 0.25) is 0 Å². The number of aromatic nitrogens is 2. The predicted molar refractivity (Wildman–Crippen MR) is 60.7 cm³/mol. The first-order valence-electron chi connectivity index (χ1n) is 5.58. The molecular weight excluding hydrogens is 277 g/mol. The molecule has 20 heavy (non-hydrogen) atoms. The van der Waals surface area contributed by atoms with Crippen molar-refractivity contribution in [2.24, 2.45) is 0 Å². The van der Waals surface area contributed by atoms with Crippen molar-refractivity contribution in [3.05, 3.63) is 35.9 Å². The topological polar surface area (TPSA) is 65.2 Å². The van der Waals surface area contributed by atoms with Gasteiger partial charge >= 0.3 is 12.1 Å². The summed E-state index contributed by atoms with van der Waals surface area (Å²) < 4.78 is 48.3. The molecular formula is C12H9F3N2O3. The standard InChI is InChI=1S/C12H9F3N2O3/c1-2-19-11(18)7-6-16-10(8-4-3-5-20-8)17-9(7)12(13,14)15/h3-6H,2H2,1H3. The Morgan fingerprint density at radius 1 is 1.45 bits per heavy atom. The third-order valence-electron chi connectivity index (χ3n) is 2.29. The maximum atomic E-state index is 12.9. The van der Waals surface area contributed by atoms with Gasteiger partial charge < -0.3 is 9.15 Å². The zero-order valence-electron chi connectivity index (χ0n) is 10.3. The average Bonchev–Trinajstić information content (AvgIpc) is 2.91. The van der Waals surface area contributed by atoms with E-state index in [0.717, 1.165) is 6.20 Å². The van der Waals surface area contributed by atoms with Crippen LogP contribution in [0.3, 0.4) is 0 Å². The molecule has 0 radical (unpaired) electrons. The highest BCUT2D eigenvalue weighted by molar-refractivity contribution is 5.90. The monoisotopic (exact) mass is 286 g/mol. The molecule has 0 aliphatic heterocycles. The van der Waals surface area contributed by atoms with E-state index in [-0.39, 0.29) is 18.2 Å². The molecule has 0 aliphatic rings. The van der Waals surface area contributed by atoms with E-state index in [4.69, 9.17) is 4.42 Å². The van der Waals surface area contributed by atoms with Gasteiger partial charge in [0.25, 0.3) is 0 Å². The van der Waals surface area contributed by atoms with E-state index in [0.29, 0.717) is 0 Å². The first-order valence-corrected chi connectivity index (χ1v) is 5.58. The molecule has 0 N–H and O–H groups in total. The van der Waals surface area contributed by atoms with Crippen LogP contribution in [0.5, 0.6) is 0 Å². The van der Waals surface area contributed by atoms with E-state index in [1.54, 1.807) is 0 Å². The Hall–Kier alpha value is -2.38. The first-order chi connectivity index (χ1) is 9.43. The number of furan rings is 1. The average molecular weight is 286 g/mol. The minimum Gasteiger partial charge on any atom is -0.462 e. The number of halogens is 3. The molecule has 2 aromatic rings. The van der Waals surface area contributed by atoms with Gasteiger partial charge in [0, 0.05) is 6.20 Å². The van der Waals surface area contributed by atoms with Crippen LogP contribution in [0.4, 0.5) is 13.2 Å². The SMILES string of the molecule is CCOC(=O)c1cnc(-c2ccco2)nc1C(F)(F)F. The number of alkyl halides is 3. The Morgan fingerprint density at radius 2 is 2.20 bits per heavy atom. The van der Waals surface area contributed by atoms with Crippen molar-refractivity contribution in [1.82, 2.24) is 9.97 Å². The van der Waals surface area contributed by atoms with Crippen LogP contribution >= 0.6 is 0 Å². The molecule has 0 amide bonds. The Balaban J connectivity index is 2.52. The number of ether oxygens (including phenoxy) is 1. The number of hydrogen-bond acceptors (Lipinski definition) is 5. The van der Waals surface area contributed by atoms with Gasteiger partial charge in [-0.1, -0.05) is 0 Å². The molecule has 0 atom stereocenters. The summed E-state index contributed by atoms with van der Waals surface area (Å²) in [5.74, 6) is -1.30. The quantitative estimate of drug-likeness (QED) is 0.812. The summed E-state index contributed by atoms with van der Waals surface area (Å²) in [6.45, 7) is 1.44. The van der Waals surface area contributed by atoms with E-state index in [9.17, 15) is 18.0 Å². The van der Waals surface area contributed by atoms with E-state index in [2.05, 4.69) is 14.7 Å². The third kappa shape index (κ3) is 2.79. The highest BCUT2D eigenvalue weighted by Gasteiger charge is 2.38. The maximum absolute atomic E-state index is 12.9. The van der Waals surface area contributed by atoms with Crippen molar-refractivity contribution >= 4 is 5.97 Å². The molecule has 2 heterocycles. The molecule has 0 unspecified atom stereocenters. The molecule has 2 rings (SSSR count).